The molecule has 1 aromatic carbocycles. The number of carbonyl (C=O) groups is 3. The largest absolute Gasteiger partial charge is 0.480 e. The number of hydrogen-bond acceptors (Lipinski definition) is 3. The van der Waals surface area contributed by atoms with E-state index in [9.17, 15) is 19.5 Å². The third-order valence-electron chi connectivity index (χ3n) is 3.73. The Labute approximate surface area is 164 Å². The third kappa shape index (κ3) is 8.77. The van der Waals surface area contributed by atoms with E-state index in [1.165, 1.54) is 0 Å². The summed E-state index contributed by atoms with van der Waals surface area (Å²) in [6, 6.07) is 4.23. The number of anilines is 1. The average Bonchev–Trinajstić information content (AvgIpc) is 2.52. The molecule has 0 aliphatic rings. The van der Waals surface area contributed by atoms with Gasteiger partial charge in [-0.2, -0.15) is 0 Å². The van der Waals surface area contributed by atoms with Gasteiger partial charge in [-0.25, -0.2) is 9.59 Å². The van der Waals surface area contributed by atoms with Crippen LogP contribution in [0.25, 0.3) is 0 Å². The van der Waals surface area contributed by atoms with Crippen LogP contribution in [0.5, 0.6) is 0 Å². The second-order valence-electron chi connectivity index (χ2n) is 7.32. The highest BCUT2D eigenvalue weighted by Gasteiger charge is 2.27. The number of urea groups is 1. The molecular formula is C19H28ClN3O4. The molecule has 0 radical (unpaired) electrons. The molecule has 3 amide bonds. The van der Waals surface area contributed by atoms with Crippen LogP contribution in [0, 0.1) is 11.8 Å². The van der Waals surface area contributed by atoms with Gasteiger partial charge in [-0.1, -0.05) is 45.4 Å². The van der Waals surface area contributed by atoms with Crippen LogP contribution < -0.4 is 16.0 Å². The number of amides is 3. The number of carboxylic acids is 1. The molecule has 1 aromatic rings. The van der Waals surface area contributed by atoms with Crippen LogP contribution >= 0.6 is 11.6 Å². The van der Waals surface area contributed by atoms with Gasteiger partial charge in [-0.05, 0) is 42.9 Å². The Kier molecular flexibility index (Phi) is 9.08. The molecule has 7 nitrogen and oxygen atoms in total. The standard InChI is InChI=1S/C19H28ClN3O4/c1-11(2)8-15(17(24)22-16(18(25)26)9-12(3)4)23-19(27)21-14-7-5-6-13(20)10-14/h5-7,10-12,15-16H,8-9H2,1-4H3,(H,22,24)(H,25,26)(H2,21,23,27)/t15-,16-/m0/s1. The lowest BCUT2D eigenvalue weighted by Crippen LogP contribution is -2.53. The monoisotopic (exact) mass is 397 g/mol. The fraction of sp³-hybridized carbons (Fsp3) is 0.526. The van der Waals surface area contributed by atoms with Crippen molar-refractivity contribution in [2.45, 2.75) is 52.6 Å². The van der Waals surface area contributed by atoms with Crippen LogP contribution in [-0.2, 0) is 9.59 Å². The Bertz CT molecular complexity index is 664. The van der Waals surface area contributed by atoms with Gasteiger partial charge in [0.1, 0.15) is 12.1 Å². The number of nitrogens with one attached hydrogen (secondary N) is 3. The number of benzene rings is 1. The van der Waals surface area contributed by atoms with Crippen LogP contribution in [0.15, 0.2) is 24.3 Å². The fourth-order valence-corrected chi connectivity index (χ4v) is 2.75. The van der Waals surface area contributed by atoms with E-state index < -0.39 is 30.0 Å². The molecule has 0 saturated heterocycles. The summed E-state index contributed by atoms with van der Waals surface area (Å²) in [5.74, 6) is -1.38. The van der Waals surface area contributed by atoms with Crippen molar-refractivity contribution in [2.75, 3.05) is 5.32 Å². The van der Waals surface area contributed by atoms with Crippen LogP contribution in [0.3, 0.4) is 0 Å². The summed E-state index contributed by atoms with van der Waals surface area (Å²) in [7, 11) is 0. The summed E-state index contributed by atoms with van der Waals surface area (Å²) in [6.45, 7) is 7.59. The van der Waals surface area contributed by atoms with Gasteiger partial charge < -0.3 is 21.1 Å². The van der Waals surface area contributed by atoms with Crippen molar-refractivity contribution in [1.82, 2.24) is 10.6 Å². The second kappa shape index (κ2) is 10.8. The molecule has 2 atom stereocenters. The van der Waals surface area contributed by atoms with E-state index in [0.717, 1.165) is 0 Å². The lowest BCUT2D eigenvalue weighted by Gasteiger charge is -2.23. The number of carboxylic acid groups (broad SMARTS) is 1. The van der Waals surface area contributed by atoms with Gasteiger partial charge in [0.15, 0.2) is 0 Å². The average molecular weight is 398 g/mol. The van der Waals surface area contributed by atoms with Gasteiger partial charge in [-0.3, -0.25) is 4.79 Å². The topological polar surface area (TPSA) is 108 Å². The molecule has 0 aromatic heterocycles. The second-order valence-corrected chi connectivity index (χ2v) is 7.76. The molecule has 0 fully saturated rings. The van der Waals surface area contributed by atoms with Crippen molar-refractivity contribution in [3.63, 3.8) is 0 Å². The molecule has 150 valence electrons. The van der Waals surface area contributed by atoms with Crippen LogP contribution in [0.2, 0.25) is 5.02 Å². The van der Waals surface area contributed by atoms with Gasteiger partial charge in [0.05, 0.1) is 0 Å². The van der Waals surface area contributed by atoms with E-state index in [-0.39, 0.29) is 11.8 Å². The van der Waals surface area contributed by atoms with E-state index in [0.29, 0.717) is 23.6 Å². The molecular weight excluding hydrogens is 370 g/mol. The molecule has 4 N–H and O–H groups in total. The highest BCUT2D eigenvalue weighted by Crippen LogP contribution is 2.15. The number of aliphatic carboxylic acids is 1. The lowest BCUT2D eigenvalue weighted by molar-refractivity contribution is -0.142. The first-order valence-electron chi connectivity index (χ1n) is 8.94. The molecule has 0 aliphatic heterocycles. The minimum atomic E-state index is -1.09. The van der Waals surface area contributed by atoms with Crippen molar-refractivity contribution in [2.24, 2.45) is 11.8 Å². The zero-order chi connectivity index (χ0) is 20.6. The van der Waals surface area contributed by atoms with Crippen molar-refractivity contribution >= 4 is 35.2 Å². The molecule has 1 rings (SSSR count). The lowest BCUT2D eigenvalue weighted by atomic mass is 10.0. The van der Waals surface area contributed by atoms with Crippen molar-refractivity contribution in [3.8, 4) is 0 Å². The van der Waals surface area contributed by atoms with E-state index in [2.05, 4.69) is 16.0 Å². The van der Waals surface area contributed by atoms with Crippen molar-refractivity contribution in [1.29, 1.82) is 0 Å². The first-order chi connectivity index (χ1) is 12.6. The van der Waals surface area contributed by atoms with Crippen molar-refractivity contribution < 1.29 is 19.5 Å². The van der Waals surface area contributed by atoms with E-state index in [4.69, 9.17) is 11.6 Å². The van der Waals surface area contributed by atoms with E-state index in [1.807, 2.05) is 27.7 Å². The molecule has 0 aliphatic carbocycles. The van der Waals surface area contributed by atoms with E-state index in [1.54, 1.807) is 24.3 Å². The van der Waals surface area contributed by atoms with Gasteiger partial charge >= 0.3 is 12.0 Å². The van der Waals surface area contributed by atoms with Gasteiger partial charge in [-0.15, -0.1) is 0 Å². The fourth-order valence-electron chi connectivity index (χ4n) is 2.56. The number of hydrogen-bond donors (Lipinski definition) is 4. The molecule has 27 heavy (non-hydrogen) atoms. The maximum Gasteiger partial charge on any atom is 0.326 e. The summed E-state index contributed by atoms with van der Waals surface area (Å²) in [4.78, 5) is 36.2. The summed E-state index contributed by atoms with van der Waals surface area (Å²) in [5, 5.41) is 17.5. The van der Waals surface area contributed by atoms with Gasteiger partial charge in [0, 0.05) is 10.7 Å². The quantitative estimate of drug-likeness (QED) is 0.511. The minimum Gasteiger partial charge on any atom is -0.480 e. The maximum absolute atomic E-state index is 12.6. The normalized spacial score (nSPS) is 13.1. The van der Waals surface area contributed by atoms with Gasteiger partial charge in [0.2, 0.25) is 5.91 Å². The third-order valence-corrected chi connectivity index (χ3v) is 3.97. The van der Waals surface area contributed by atoms with Crippen LogP contribution in [0.4, 0.5) is 10.5 Å². The number of carbonyl (C=O) groups excluding carboxylic acids is 2. The summed E-state index contributed by atoms with van der Waals surface area (Å²) in [5.41, 5.74) is 0.493. The highest BCUT2D eigenvalue weighted by molar-refractivity contribution is 6.30. The number of halogens is 1. The predicted octanol–water partition coefficient (Wildman–Crippen LogP) is 3.49. The molecule has 0 heterocycles. The Morgan fingerprint density at radius 3 is 2.11 bits per heavy atom. The maximum atomic E-state index is 12.6. The first kappa shape index (κ1) is 22.8. The summed E-state index contributed by atoms with van der Waals surface area (Å²) < 4.78 is 0. The minimum absolute atomic E-state index is 0.106. The Morgan fingerprint density at radius 2 is 1.59 bits per heavy atom. The van der Waals surface area contributed by atoms with E-state index >= 15 is 0 Å². The summed E-state index contributed by atoms with van der Waals surface area (Å²) >= 11 is 5.89. The summed E-state index contributed by atoms with van der Waals surface area (Å²) in [6.07, 6.45) is 0.687. The molecule has 0 bridgehead atoms. The Balaban J connectivity index is 2.79. The highest BCUT2D eigenvalue weighted by atomic mass is 35.5. The number of rotatable bonds is 9. The Hall–Kier alpha value is -2.28. The predicted molar refractivity (Wildman–Crippen MR) is 106 cm³/mol. The van der Waals surface area contributed by atoms with Gasteiger partial charge in [0.25, 0.3) is 0 Å². The first-order valence-corrected chi connectivity index (χ1v) is 9.32. The van der Waals surface area contributed by atoms with Crippen LogP contribution in [0.1, 0.15) is 40.5 Å². The van der Waals surface area contributed by atoms with Crippen LogP contribution in [-0.4, -0.2) is 35.1 Å². The smallest absolute Gasteiger partial charge is 0.326 e. The SMILES string of the molecule is CC(C)C[C@H](NC(=O)[C@H](CC(C)C)NC(=O)Nc1cccc(Cl)c1)C(=O)O. The van der Waals surface area contributed by atoms with Crippen molar-refractivity contribution in [3.05, 3.63) is 29.3 Å². The zero-order valence-electron chi connectivity index (χ0n) is 16.1. The molecule has 8 heteroatoms. The molecule has 0 unspecified atom stereocenters. The molecule has 0 saturated carbocycles. The zero-order valence-corrected chi connectivity index (χ0v) is 16.8. The Morgan fingerprint density at radius 1 is 1.00 bits per heavy atom. The molecule has 0 spiro atoms.